The number of ether oxygens (including phenoxy) is 2. The van der Waals surface area contributed by atoms with Crippen molar-refractivity contribution in [1.82, 2.24) is 0 Å². The van der Waals surface area contributed by atoms with Crippen LogP contribution in [0.4, 0.5) is 8.78 Å². The molecule has 1 aliphatic heterocycles. The van der Waals surface area contributed by atoms with E-state index in [-0.39, 0.29) is 17.6 Å². The molecule has 3 aliphatic rings. The van der Waals surface area contributed by atoms with Crippen molar-refractivity contribution >= 4 is 0 Å². The van der Waals surface area contributed by atoms with Gasteiger partial charge in [0.1, 0.15) is 0 Å². The lowest BCUT2D eigenvalue weighted by Gasteiger charge is -2.33. The van der Waals surface area contributed by atoms with Crippen LogP contribution in [0.5, 0.6) is 11.5 Å². The lowest BCUT2D eigenvalue weighted by atomic mass is 9.73. The van der Waals surface area contributed by atoms with E-state index in [0.29, 0.717) is 18.9 Å². The molecule has 162 valence electrons. The minimum atomic E-state index is -0.905. The first-order chi connectivity index (χ1) is 14.0. The van der Waals surface area contributed by atoms with Crippen LogP contribution in [-0.2, 0) is 6.42 Å². The normalized spacial score (nSPS) is 32.3. The first-order valence-electron chi connectivity index (χ1n) is 11.8. The molecule has 0 amide bonds. The zero-order valence-corrected chi connectivity index (χ0v) is 18.0. The van der Waals surface area contributed by atoms with Crippen molar-refractivity contribution in [2.45, 2.75) is 90.6 Å². The fraction of sp³-hybridized carbons (Fsp3) is 0.760. The fourth-order valence-corrected chi connectivity index (χ4v) is 5.55. The van der Waals surface area contributed by atoms with Gasteiger partial charge in [0, 0.05) is 5.56 Å². The standard InChI is InChI=1S/C25H36F2O2/c1-16-3-6-18(7-4-16)13-19-8-10-20(11-9-19)15-28-22-14-21-12-5-17(2)29-25(21)24(27)23(22)26/h14,16-20H,3-13,15H2,1-2H3. The maximum atomic E-state index is 14.4. The first-order valence-corrected chi connectivity index (χ1v) is 11.8. The molecule has 4 rings (SSSR count). The van der Waals surface area contributed by atoms with E-state index in [0.717, 1.165) is 42.6 Å². The topological polar surface area (TPSA) is 18.5 Å². The summed E-state index contributed by atoms with van der Waals surface area (Å²) in [6.45, 7) is 4.75. The molecule has 1 aromatic carbocycles. The molecule has 4 heteroatoms. The van der Waals surface area contributed by atoms with Gasteiger partial charge in [-0.2, -0.15) is 8.78 Å². The van der Waals surface area contributed by atoms with E-state index in [1.807, 2.05) is 6.92 Å². The molecule has 1 heterocycles. The molecule has 0 N–H and O–H groups in total. The molecule has 1 unspecified atom stereocenters. The first kappa shape index (κ1) is 20.9. The van der Waals surface area contributed by atoms with Crippen LogP contribution in [0.2, 0.25) is 0 Å². The third-order valence-corrected chi connectivity index (χ3v) is 7.59. The Kier molecular flexibility index (Phi) is 6.66. The second-order valence-corrected chi connectivity index (χ2v) is 10.0. The molecule has 0 spiro atoms. The van der Waals surface area contributed by atoms with Gasteiger partial charge >= 0.3 is 0 Å². The minimum absolute atomic E-state index is 0.0536. The number of hydrogen-bond acceptors (Lipinski definition) is 2. The van der Waals surface area contributed by atoms with Gasteiger partial charge in [-0.25, -0.2) is 0 Å². The van der Waals surface area contributed by atoms with Crippen molar-refractivity contribution in [3.8, 4) is 11.5 Å². The van der Waals surface area contributed by atoms with E-state index in [9.17, 15) is 8.78 Å². The molecule has 2 fully saturated rings. The molecule has 0 saturated heterocycles. The van der Waals surface area contributed by atoms with E-state index in [1.165, 1.54) is 44.9 Å². The molecule has 0 bridgehead atoms. The van der Waals surface area contributed by atoms with Crippen LogP contribution in [0.25, 0.3) is 0 Å². The third-order valence-electron chi connectivity index (χ3n) is 7.59. The van der Waals surface area contributed by atoms with Crippen LogP contribution in [0.1, 0.15) is 83.6 Å². The Morgan fingerprint density at radius 1 is 0.862 bits per heavy atom. The summed E-state index contributed by atoms with van der Waals surface area (Å²) in [5, 5.41) is 0. The predicted octanol–water partition coefficient (Wildman–Crippen LogP) is 7.08. The van der Waals surface area contributed by atoms with E-state index < -0.39 is 11.6 Å². The highest BCUT2D eigenvalue weighted by atomic mass is 19.2. The summed E-state index contributed by atoms with van der Waals surface area (Å²) >= 11 is 0. The van der Waals surface area contributed by atoms with Gasteiger partial charge in [0.05, 0.1) is 12.7 Å². The molecule has 1 atom stereocenters. The van der Waals surface area contributed by atoms with E-state index >= 15 is 0 Å². The largest absolute Gasteiger partial charge is 0.490 e. The van der Waals surface area contributed by atoms with Crippen LogP contribution in [0, 0.1) is 35.3 Å². The number of fused-ring (bicyclic) bond motifs is 1. The maximum absolute atomic E-state index is 14.4. The monoisotopic (exact) mass is 406 g/mol. The van der Waals surface area contributed by atoms with Crippen molar-refractivity contribution in [2.75, 3.05) is 6.61 Å². The van der Waals surface area contributed by atoms with Gasteiger partial charge in [-0.3, -0.25) is 0 Å². The van der Waals surface area contributed by atoms with Crippen molar-refractivity contribution in [3.05, 3.63) is 23.3 Å². The summed E-state index contributed by atoms with van der Waals surface area (Å²) in [6.07, 6.45) is 13.3. The summed E-state index contributed by atoms with van der Waals surface area (Å²) in [6, 6.07) is 1.65. The minimum Gasteiger partial charge on any atom is -0.490 e. The highest BCUT2D eigenvalue weighted by molar-refractivity contribution is 5.44. The van der Waals surface area contributed by atoms with E-state index in [4.69, 9.17) is 9.47 Å². The third kappa shape index (κ3) is 5.06. The Hall–Kier alpha value is -1.32. The van der Waals surface area contributed by atoms with Gasteiger partial charge < -0.3 is 9.47 Å². The molecule has 0 radical (unpaired) electrons. The molecule has 29 heavy (non-hydrogen) atoms. The van der Waals surface area contributed by atoms with Gasteiger partial charge in [-0.1, -0.05) is 45.4 Å². The van der Waals surface area contributed by atoms with E-state index in [1.54, 1.807) is 6.07 Å². The summed E-state index contributed by atoms with van der Waals surface area (Å²) in [4.78, 5) is 0. The molecule has 1 aromatic rings. The van der Waals surface area contributed by atoms with Crippen LogP contribution in [0.3, 0.4) is 0 Å². The number of rotatable bonds is 5. The second kappa shape index (κ2) is 9.22. The van der Waals surface area contributed by atoms with Crippen molar-refractivity contribution in [1.29, 1.82) is 0 Å². The average molecular weight is 407 g/mol. The molecule has 2 saturated carbocycles. The zero-order valence-electron chi connectivity index (χ0n) is 18.0. The van der Waals surface area contributed by atoms with Crippen LogP contribution in [-0.4, -0.2) is 12.7 Å². The van der Waals surface area contributed by atoms with Crippen LogP contribution in [0.15, 0.2) is 6.07 Å². The average Bonchev–Trinajstić information content (AvgIpc) is 2.73. The summed E-state index contributed by atoms with van der Waals surface area (Å²) < 4.78 is 40.1. The second-order valence-electron chi connectivity index (χ2n) is 10.0. The Morgan fingerprint density at radius 3 is 2.17 bits per heavy atom. The maximum Gasteiger partial charge on any atom is 0.204 e. The zero-order chi connectivity index (χ0) is 20.4. The van der Waals surface area contributed by atoms with Gasteiger partial charge in [0.15, 0.2) is 11.5 Å². The Balaban J connectivity index is 1.26. The summed E-state index contributed by atoms with van der Waals surface area (Å²) in [7, 11) is 0. The van der Waals surface area contributed by atoms with Gasteiger partial charge in [0.25, 0.3) is 0 Å². The molecule has 2 nitrogen and oxygen atoms in total. The fourth-order valence-electron chi connectivity index (χ4n) is 5.55. The molecule has 2 aliphatic carbocycles. The number of halogens is 2. The van der Waals surface area contributed by atoms with Crippen molar-refractivity contribution < 1.29 is 18.3 Å². The van der Waals surface area contributed by atoms with Crippen molar-refractivity contribution in [3.63, 3.8) is 0 Å². The van der Waals surface area contributed by atoms with E-state index in [2.05, 4.69) is 6.92 Å². The molecular weight excluding hydrogens is 370 g/mol. The van der Waals surface area contributed by atoms with Crippen LogP contribution < -0.4 is 9.47 Å². The van der Waals surface area contributed by atoms with Gasteiger partial charge in [0.2, 0.25) is 11.6 Å². The van der Waals surface area contributed by atoms with Gasteiger partial charge in [-0.05, 0) is 68.8 Å². The molecule has 0 aromatic heterocycles. The summed E-state index contributed by atoms with van der Waals surface area (Å²) in [5.41, 5.74) is 0.725. The predicted molar refractivity (Wildman–Crippen MR) is 111 cm³/mol. The highest BCUT2D eigenvalue weighted by Crippen LogP contribution is 2.40. The van der Waals surface area contributed by atoms with Crippen LogP contribution >= 0.6 is 0 Å². The Labute approximate surface area is 174 Å². The Bertz CT molecular complexity index is 689. The van der Waals surface area contributed by atoms with Crippen molar-refractivity contribution in [2.24, 2.45) is 23.7 Å². The number of benzene rings is 1. The Morgan fingerprint density at radius 2 is 1.48 bits per heavy atom. The summed E-state index contributed by atoms with van der Waals surface area (Å²) in [5.74, 6) is 1.48. The lowest BCUT2D eigenvalue weighted by Crippen LogP contribution is -2.23. The SMILES string of the molecule is CC1CCC(CC2CCC(COc3cc4c(c(F)c3F)OC(C)CC4)CC2)CC1. The highest BCUT2D eigenvalue weighted by Gasteiger charge is 2.28. The smallest absolute Gasteiger partial charge is 0.204 e. The number of hydrogen-bond donors (Lipinski definition) is 0. The molecular formula is C25H36F2O2. The van der Waals surface area contributed by atoms with Gasteiger partial charge in [-0.15, -0.1) is 0 Å². The quantitative estimate of drug-likeness (QED) is 0.520. The lowest BCUT2D eigenvalue weighted by molar-refractivity contribution is 0.152. The number of aryl methyl sites for hydroxylation is 1.